The van der Waals surface area contributed by atoms with E-state index in [-0.39, 0.29) is 19.3 Å². The number of thioether (sulfide) groups is 1. The zero-order valence-electron chi connectivity index (χ0n) is 23.3. The molecule has 39 heavy (non-hydrogen) atoms. The highest BCUT2D eigenvalue weighted by Gasteiger charge is 2.32. The molecule has 1 fully saturated rings. The molecular formula is C26H48FN4O6PS. The van der Waals surface area contributed by atoms with Crippen molar-refractivity contribution in [3.8, 4) is 0 Å². The SMILES string of the molecule is CCCCCCCCCCCCCCCC[C@@H](N)COP(=O)(O)OCC1O[C@H](n2cc(F)c(N)nc2=O)CS1. The van der Waals surface area contributed by atoms with E-state index in [0.717, 1.165) is 23.6 Å². The minimum Gasteiger partial charge on any atom is -0.381 e. The number of phosphoric ester groups is 1. The van der Waals surface area contributed by atoms with Crippen molar-refractivity contribution >= 4 is 25.4 Å². The van der Waals surface area contributed by atoms with E-state index >= 15 is 0 Å². The fourth-order valence-corrected chi connectivity index (χ4v) is 6.28. The number of unbranched alkanes of at least 4 members (excludes halogenated alkanes) is 13. The first-order valence-corrected chi connectivity index (χ1v) is 16.9. The predicted octanol–water partition coefficient (Wildman–Crippen LogP) is 5.89. The van der Waals surface area contributed by atoms with Crippen LogP contribution in [0.3, 0.4) is 0 Å². The van der Waals surface area contributed by atoms with E-state index in [1.807, 2.05) is 0 Å². The molecule has 1 aliphatic rings. The molecule has 1 aliphatic heterocycles. The lowest BCUT2D eigenvalue weighted by Crippen LogP contribution is -2.30. The first kappa shape index (κ1) is 34.2. The summed E-state index contributed by atoms with van der Waals surface area (Å²) in [5.74, 6) is -1.01. The Balaban J connectivity index is 1.48. The summed E-state index contributed by atoms with van der Waals surface area (Å²) in [5.41, 5.74) is 9.95. The number of phosphoric acid groups is 1. The van der Waals surface area contributed by atoms with Crippen molar-refractivity contribution in [2.75, 3.05) is 24.7 Å². The number of anilines is 1. The van der Waals surface area contributed by atoms with Crippen molar-refractivity contribution in [3.63, 3.8) is 0 Å². The van der Waals surface area contributed by atoms with Gasteiger partial charge < -0.3 is 21.1 Å². The van der Waals surface area contributed by atoms with Gasteiger partial charge >= 0.3 is 13.5 Å². The van der Waals surface area contributed by atoms with Crippen LogP contribution in [0.15, 0.2) is 11.0 Å². The summed E-state index contributed by atoms with van der Waals surface area (Å²) >= 11 is 1.26. The lowest BCUT2D eigenvalue weighted by molar-refractivity contribution is -0.00893. The molecule has 1 aromatic heterocycles. The number of aromatic nitrogens is 2. The minimum atomic E-state index is -4.32. The van der Waals surface area contributed by atoms with Crippen LogP contribution in [0.5, 0.6) is 0 Å². The quantitative estimate of drug-likeness (QED) is 0.109. The molecule has 0 saturated carbocycles. The van der Waals surface area contributed by atoms with Gasteiger partial charge in [-0.3, -0.25) is 13.6 Å². The van der Waals surface area contributed by atoms with Crippen LogP contribution in [-0.2, 0) is 18.3 Å². The highest BCUT2D eigenvalue weighted by molar-refractivity contribution is 8.00. The second-order valence-corrected chi connectivity index (χ2v) is 12.9. The number of hydrogen-bond donors (Lipinski definition) is 3. The number of rotatable bonds is 22. The maximum absolute atomic E-state index is 13.7. The van der Waals surface area contributed by atoms with E-state index in [2.05, 4.69) is 11.9 Å². The van der Waals surface area contributed by atoms with Crippen molar-refractivity contribution in [2.24, 2.45) is 5.73 Å². The van der Waals surface area contributed by atoms with Crippen molar-refractivity contribution in [2.45, 2.75) is 121 Å². The van der Waals surface area contributed by atoms with Crippen LogP contribution in [0.1, 0.15) is 109 Å². The third kappa shape index (κ3) is 14.4. The molecule has 4 atom stereocenters. The van der Waals surface area contributed by atoms with E-state index < -0.39 is 36.8 Å². The summed E-state index contributed by atoms with van der Waals surface area (Å²) in [7, 11) is -4.32. The lowest BCUT2D eigenvalue weighted by atomic mass is 10.0. The highest BCUT2D eigenvalue weighted by atomic mass is 32.2. The smallest absolute Gasteiger partial charge is 0.381 e. The molecule has 1 aromatic rings. The van der Waals surface area contributed by atoms with Crippen LogP contribution in [0.25, 0.3) is 0 Å². The Labute approximate surface area is 236 Å². The lowest BCUT2D eigenvalue weighted by Gasteiger charge is -2.18. The maximum atomic E-state index is 13.7. The Kier molecular flexibility index (Phi) is 16.8. The Bertz CT molecular complexity index is 927. The first-order chi connectivity index (χ1) is 18.7. The van der Waals surface area contributed by atoms with Crippen LogP contribution in [0.4, 0.5) is 10.2 Å². The van der Waals surface area contributed by atoms with Gasteiger partial charge in [0.15, 0.2) is 11.6 Å². The topological polar surface area (TPSA) is 152 Å². The summed E-state index contributed by atoms with van der Waals surface area (Å²) in [4.78, 5) is 25.3. The predicted molar refractivity (Wildman–Crippen MR) is 154 cm³/mol. The van der Waals surface area contributed by atoms with Gasteiger partial charge in [-0.25, -0.2) is 13.8 Å². The minimum absolute atomic E-state index is 0.0840. The van der Waals surface area contributed by atoms with Gasteiger partial charge in [0.05, 0.1) is 19.4 Å². The van der Waals surface area contributed by atoms with Gasteiger partial charge in [-0.1, -0.05) is 96.8 Å². The molecule has 1 saturated heterocycles. The van der Waals surface area contributed by atoms with Gasteiger partial charge in [0, 0.05) is 11.8 Å². The van der Waals surface area contributed by atoms with E-state index in [9.17, 15) is 18.6 Å². The summed E-state index contributed by atoms with van der Waals surface area (Å²) in [6.45, 7) is 1.92. The largest absolute Gasteiger partial charge is 0.472 e. The standard InChI is InChI=1S/C26H48FN4O6PS/c1-2-3-4-5-6-7-8-9-10-11-12-13-14-15-16-21(28)18-35-38(33,34)36-19-24-37-23(20-39-24)31-17-22(27)25(29)30-26(31)32/h17,21,23-24H,2-16,18-20,28H2,1H3,(H,33,34)(H2,29,30,32)/t21-,23+,24?/m1/s1. The molecule has 10 nitrogen and oxygen atoms in total. The Morgan fingerprint density at radius 1 is 1.10 bits per heavy atom. The summed E-state index contributed by atoms with van der Waals surface area (Å²) in [6.07, 6.45) is 18.8. The Morgan fingerprint density at radius 2 is 1.67 bits per heavy atom. The molecule has 13 heteroatoms. The molecule has 2 heterocycles. The average molecular weight is 595 g/mol. The summed E-state index contributed by atoms with van der Waals surface area (Å²) in [5, 5.41) is 0. The van der Waals surface area contributed by atoms with E-state index in [0.29, 0.717) is 12.2 Å². The van der Waals surface area contributed by atoms with E-state index in [4.69, 9.17) is 25.3 Å². The molecule has 2 rings (SSSR count). The van der Waals surface area contributed by atoms with E-state index in [1.54, 1.807) is 0 Å². The normalized spacial score (nSPS) is 19.8. The molecule has 0 spiro atoms. The van der Waals surface area contributed by atoms with Gasteiger partial charge in [0.2, 0.25) is 0 Å². The second-order valence-electron chi connectivity index (χ2n) is 10.2. The Hall–Kier alpha value is -1.01. The molecule has 0 radical (unpaired) electrons. The van der Waals surface area contributed by atoms with Gasteiger partial charge in [0.25, 0.3) is 0 Å². The molecule has 0 aliphatic carbocycles. The maximum Gasteiger partial charge on any atom is 0.472 e. The Morgan fingerprint density at radius 3 is 2.26 bits per heavy atom. The summed E-state index contributed by atoms with van der Waals surface area (Å²) < 4.78 is 42.6. The third-order valence-corrected chi connectivity index (χ3v) is 8.78. The van der Waals surface area contributed by atoms with Crippen molar-refractivity contribution in [1.82, 2.24) is 9.55 Å². The second kappa shape index (κ2) is 19.2. The van der Waals surface area contributed by atoms with Crippen LogP contribution in [0.2, 0.25) is 0 Å². The van der Waals surface area contributed by atoms with Crippen molar-refractivity contribution in [3.05, 3.63) is 22.5 Å². The number of nitrogens with two attached hydrogens (primary N) is 2. The zero-order valence-corrected chi connectivity index (χ0v) is 25.0. The molecule has 226 valence electrons. The average Bonchev–Trinajstić information content (AvgIpc) is 3.37. The monoisotopic (exact) mass is 594 g/mol. The van der Waals surface area contributed by atoms with Crippen LogP contribution in [-0.4, -0.2) is 44.9 Å². The van der Waals surface area contributed by atoms with Crippen molar-refractivity contribution < 1.29 is 27.6 Å². The van der Waals surface area contributed by atoms with Gasteiger partial charge in [-0.2, -0.15) is 4.98 Å². The van der Waals surface area contributed by atoms with E-state index in [1.165, 1.54) is 88.8 Å². The van der Waals surface area contributed by atoms with Crippen LogP contribution in [0, 0.1) is 5.82 Å². The van der Waals surface area contributed by atoms with Crippen LogP contribution < -0.4 is 17.2 Å². The third-order valence-electron chi connectivity index (χ3n) is 6.73. The molecule has 0 aromatic carbocycles. The fourth-order valence-electron chi connectivity index (χ4n) is 4.41. The molecule has 0 amide bonds. The van der Waals surface area contributed by atoms with Crippen LogP contribution >= 0.6 is 19.6 Å². The first-order valence-electron chi connectivity index (χ1n) is 14.4. The van der Waals surface area contributed by atoms with Gasteiger partial charge in [-0.15, -0.1) is 11.8 Å². The number of nitrogen functional groups attached to an aromatic ring is 1. The molecular weight excluding hydrogens is 546 g/mol. The van der Waals surface area contributed by atoms with Gasteiger partial charge in [-0.05, 0) is 6.42 Å². The number of halogens is 1. The van der Waals surface area contributed by atoms with Crippen molar-refractivity contribution in [1.29, 1.82) is 0 Å². The number of hydrogen-bond acceptors (Lipinski definition) is 9. The number of ether oxygens (including phenoxy) is 1. The fraction of sp³-hybridized carbons (Fsp3) is 0.846. The summed E-state index contributed by atoms with van der Waals surface area (Å²) in [6, 6.07) is -0.354. The number of nitrogens with zero attached hydrogens (tertiary/aromatic N) is 2. The van der Waals surface area contributed by atoms with Gasteiger partial charge in [0.1, 0.15) is 11.7 Å². The molecule has 2 unspecified atom stereocenters. The zero-order chi connectivity index (χ0) is 28.5. The highest BCUT2D eigenvalue weighted by Crippen LogP contribution is 2.45. The molecule has 0 bridgehead atoms. The molecule has 5 N–H and O–H groups in total.